The first-order valence-corrected chi connectivity index (χ1v) is 14.7. The summed E-state index contributed by atoms with van der Waals surface area (Å²) in [4.78, 5) is 38.7. The highest BCUT2D eigenvalue weighted by molar-refractivity contribution is 5.95. The number of nitrogens with zero attached hydrogens (tertiary/aromatic N) is 6. The van der Waals surface area contributed by atoms with E-state index in [1.54, 1.807) is 29.2 Å². The summed E-state index contributed by atoms with van der Waals surface area (Å²) in [7, 11) is 1.86. The van der Waals surface area contributed by atoms with Crippen LogP contribution in [0.4, 0.5) is 28.4 Å². The fraction of sp³-hybridized carbons (Fsp3) is 0.206. The van der Waals surface area contributed by atoms with Crippen molar-refractivity contribution in [3.63, 3.8) is 0 Å². The number of rotatable bonds is 16. The van der Waals surface area contributed by atoms with Gasteiger partial charge in [-0.2, -0.15) is 15.5 Å². The van der Waals surface area contributed by atoms with E-state index in [1.807, 2.05) is 36.2 Å². The first-order valence-electron chi connectivity index (χ1n) is 14.7. The van der Waals surface area contributed by atoms with Crippen molar-refractivity contribution in [2.24, 2.45) is 10.2 Å². The number of carboxylic acids is 1. The summed E-state index contributed by atoms with van der Waals surface area (Å²) in [6, 6.07) is 25.9. The Morgan fingerprint density at radius 1 is 0.854 bits per heavy atom. The molecule has 0 aliphatic heterocycles. The minimum absolute atomic E-state index is 0.00643. The molecule has 4 aromatic rings. The van der Waals surface area contributed by atoms with E-state index in [-0.39, 0.29) is 55.5 Å². The standard InChI is InChI=1S/C34H32N6O8/c1-38(29-8-6-28(7-9-29)37-36-27-4-2-24(23-35)3-5-27)15-18-47-32-21-25(33(42)43)20-26(22-32)34(44)48-19-16-39(14-17-41)30-10-12-31(13-11-30)40(45)46/h2-13,20-22,41H,14-19H2,1H3,(H,42,43). The van der Waals surface area contributed by atoms with Gasteiger partial charge in [0.1, 0.15) is 19.0 Å². The minimum Gasteiger partial charge on any atom is -0.492 e. The molecule has 0 fully saturated rings. The fourth-order valence-corrected chi connectivity index (χ4v) is 4.45. The highest BCUT2D eigenvalue weighted by Crippen LogP contribution is 2.23. The molecule has 0 radical (unpaired) electrons. The molecule has 0 spiro atoms. The lowest BCUT2D eigenvalue weighted by molar-refractivity contribution is -0.384. The number of esters is 1. The van der Waals surface area contributed by atoms with Crippen LogP contribution in [0.15, 0.2) is 101 Å². The van der Waals surface area contributed by atoms with Crippen LogP contribution in [0.25, 0.3) is 0 Å². The molecular weight excluding hydrogens is 620 g/mol. The van der Waals surface area contributed by atoms with Gasteiger partial charge in [-0.05, 0) is 78.9 Å². The molecule has 0 aliphatic rings. The largest absolute Gasteiger partial charge is 0.492 e. The molecule has 0 aliphatic carbocycles. The van der Waals surface area contributed by atoms with Crippen LogP contribution in [0.1, 0.15) is 26.3 Å². The average molecular weight is 653 g/mol. The van der Waals surface area contributed by atoms with E-state index in [2.05, 4.69) is 16.3 Å². The second kappa shape index (κ2) is 16.8. The van der Waals surface area contributed by atoms with Crippen LogP contribution in [-0.4, -0.2) is 73.6 Å². The van der Waals surface area contributed by atoms with Crippen molar-refractivity contribution >= 4 is 40.4 Å². The summed E-state index contributed by atoms with van der Waals surface area (Å²) in [5, 5.41) is 47.3. The number of hydrogen-bond donors (Lipinski definition) is 2. The summed E-state index contributed by atoms with van der Waals surface area (Å²) in [5.74, 6) is -1.82. The maximum absolute atomic E-state index is 12.9. The fourth-order valence-electron chi connectivity index (χ4n) is 4.45. The van der Waals surface area contributed by atoms with Crippen LogP contribution in [0.3, 0.4) is 0 Å². The zero-order valence-electron chi connectivity index (χ0n) is 25.9. The second-order valence-corrected chi connectivity index (χ2v) is 10.3. The van der Waals surface area contributed by atoms with Gasteiger partial charge in [0.2, 0.25) is 0 Å². The van der Waals surface area contributed by atoms with Gasteiger partial charge in [-0.25, -0.2) is 9.59 Å². The number of ether oxygens (including phenoxy) is 2. The highest BCUT2D eigenvalue weighted by Gasteiger charge is 2.16. The first-order chi connectivity index (χ1) is 23.2. The molecular formula is C34H32N6O8. The third kappa shape index (κ3) is 9.83. The van der Waals surface area contributed by atoms with Crippen molar-refractivity contribution in [2.45, 2.75) is 0 Å². The van der Waals surface area contributed by atoms with Crippen molar-refractivity contribution in [1.82, 2.24) is 0 Å². The summed E-state index contributed by atoms with van der Waals surface area (Å²) in [6.07, 6.45) is 0. The number of aromatic carboxylic acids is 1. The number of non-ortho nitro benzene ring substituents is 1. The van der Waals surface area contributed by atoms with E-state index in [0.717, 1.165) is 5.69 Å². The number of likely N-dealkylation sites (N-methyl/N-ethyl adjacent to an activating group) is 1. The number of carbonyl (C=O) groups excluding carboxylic acids is 1. The monoisotopic (exact) mass is 652 g/mol. The van der Waals surface area contributed by atoms with Gasteiger partial charge >= 0.3 is 11.9 Å². The molecule has 0 amide bonds. The molecule has 2 N–H and O–H groups in total. The van der Waals surface area contributed by atoms with Gasteiger partial charge in [-0.15, -0.1) is 0 Å². The quantitative estimate of drug-likeness (QED) is 0.0648. The zero-order valence-corrected chi connectivity index (χ0v) is 25.9. The normalized spacial score (nSPS) is 10.7. The van der Waals surface area contributed by atoms with Gasteiger partial charge in [0.25, 0.3) is 5.69 Å². The lowest BCUT2D eigenvalue weighted by atomic mass is 10.1. The maximum atomic E-state index is 12.9. The van der Waals surface area contributed by atoms with Gasteiger partial charge in [-0.1, -0.05) is 0 Å². The molecule has 0 bridgehead atoms. The van der Waals surface area contributed by atoms with Crippen LogP contribution in [0.2, 0.25) is 0 Å². The van der Waals surface area contributed by atoms with Crippen LogP contribution in [0, 0.1) is 21.4 Å². The van der Waals surface area contributed by atoms with Crippen LogP contribution < -0.4 is 14.5 Å². The predicted octanol–water partition coefficient (Wildman–Crippen LogP) is 5.75. The van der Waals surface area contributed by atoms with Gasteiger partial charge < -0.3 is 29.5 Å². The molecule has 0 saturated carbocycles. The number of nitro groups is 1. The Kier molecular flexibility index (Phi) is 12.1. The highest BCUT2D eigenvalue weighted by atomic mass is 16.6. The molecule has 0 atom stereocenters. The molecule has 4 rings (SSSR count). The van der Waals surface area contributed by atoms with Crippen molar-refractivity contribution in [3.05, 3.63) is 118 Å². The van der Waals surface area contributed by atoms with Gasteiger partial charge in [0.05, 0.1) is 58.8 Å². The molecule has 0 heterocycles. The predicted molar refractivity (Wildman–Crippen MR) is 177 cm³/mol. The Morgan fingerprint density at radius 3 is 2.04 bits per heavy atom. The maximum Gasteiger partial charge on any atom is 0.338 e. The van der Waals surface area contributed by atoms with E-state index < -0.39 is 16.9 Å². The van der Waals surface area contributed by atoms with E-state index in [0.29, 0.717) is 29.2 Å². The SMILES string of the molecule is CN(CCOc1cc(C(=O)O)cc(C(=O)OCCN(CCO)c2ccc([N+](=O)[O-])cc2)c1)c1ccc(N=Nc2ccc(C#N)cc2)cc1. The van der Waals surface area contributed by atoms with Crippen molar-refractivity contribution in [3.8, 4) is 11.8 Å². The van der Waals surface area contributed by atoms with Gasteiger partial charge in [0.15, 0.2) is 0 Å². The van der Waals surface area contributed by atoms with E-state index in [4.69, 9.17) is 14.7 Å². The van der Waals surface area contributed by atoms with E-state index >= 15 is 0 Å². The molecule has 48 heavy (non-hydrogen) atoms. The van der Waals surface area contributed by atoms with E-state index in [1.165, 1.54) is 42.5 Å². The smallest absolute Gasteiger partial charge is 0.338 e. The molecule has 14 heteroatoms. The van der Waals surface area contributed by atoms with Gasteiger partial charge in [0, 0.05) is 37.1 Å². The number of nitro benzene ring substituents is 1. The topological polar surface area (TPSA) is 191 Å². The number of aliphatic hydroxyl groups is 1. The Balaban J connectivity index is 1.31. The van der Waals surface area contributed by atoms with Crippen LogP contribution >= 0.6 is 0 Å². The number of anilines is 2. The summed E-state index contributed by atoms with van der Waals surface area (Å²) in [6.45, 7) is 0.709. The lowest BCUT2D eigenvalue weighted by Crippen LogP contribution is -2.31. The number of aliphatic hydroxyl groups excluding tert-OH is 1. The molecule has 0 saturated heterocycles. The number of azo groups is 1. The third-order valence-corrected chi connectivity index (χ3v) is 7.04. The molecule has 0 unspecified atom stereocenters. The minimum atomic E-state index is -1.24. The second-order valence-electron chi connectivity index (χ2n) is 10.3. The average Bonchev–Trinajstić information content (AvgIpc) is 3.10. The summed E-state index contributed by atoms with van der Waals surface area (Å²) < 4.78 is 11.2. The van der Waals surface area contributed by atoms with Crippen molar-refractivity contribution in [1.29, 1.82) is 5.26 Å². The molecule has 246 valence electrons. The Hall–Kier alpha value is -6.33. The van der Waals surface area contributed by atoms with Gasteiger partial charge in [-0.3, -0.25) is 10.1 Å². The lowest BCUT2D eigenvalue weighted by Gasteiger charge is -2.23. The Bertz CT molecular complexity index is 1790. The van der Waals surface area contributed by atoms with Crippen molar-refractivity contribution in [2.75, 3.05) is 56.3 Å². The molecule has 4 aromatic carbocycles. The van der Waals surface area contributed by atoms with Crippen molar-refractivity contribution < 1.29 is 34.2 Å². The Labute approximate surface area is 275 Å². The summed E-state index contributed by atoms with van der Waals surface area (Å²) in [5.41, 5.74) is 3.06. The molecule has 0 aromatic heterocycles. The van der Waals surface area contributed by atoms with Crippen LogP contribution in [0.5, 0.6) is 5.75 Å². The number of carboxylic acid groups (broad SMARTS) is 1. The molecule has 14 nitrogen and oxygen atoms in total. The summed E-state index contributed by atoms with van der Waals surface area (Å²) >= 11 is 0. The van der Waals surface area contributed by atoms with E-state index in [9.17, 15) is 29.9 Å². The van der Waals surface area contributed by atoms with Crippen LogP contribution in [-0.2, 0) is 4.74 Å². The first kappa shape index (κ1) is 34.5. The zero-order chi connectivity index (χ0) is 34.5. The number of benzene rings is 4. The number of carbonyl (C=O) groups is 2. The number of hydrogen-bond acceptors (Lipinski definition) is 12. The Morgan fingerprint density at radius 2 is 1.46 bits per heavy atom. The number of nitriles is 1. The third-order valence-electron chi connectivity index (χ3n) is 7.04.